The third-order valence-electron chi connectivity index (χ3n) is 2.96. The molecule has 0 aliphatic heterocycles. The number of carbonyl (C=O) groups is 1. The predicted molar refractivity (Wildman–Crippen MR) is 93.4 cm³/mol. The van der Waals surface area contributed by atoms with Crippen molar-refractivity contribution in [3.63, 3.8) is 0 Å². The predicted octanol–water partition coefficient (Wildman–Crippen LogP) is 4.05. The molecule has 0 aliphatic carbocycles. The Bertz CT molecular complexity index is 801. The zero-order valence-corrected chi connectivity index (χ0v) is 15.1. The number of hydrogen-bond acceptors (Lipinski definition) is 5. The maximum atomic E-state index is 12.4. The summed E-state index contributed by atoms with van der Waals surface area (Å²) in [5.41, 5.74) is 0.598. The summed E-state index contributed by atoms with van der Waals surface area (Å²) in [5.74, 6) is 0.209. The van der Waals surface area contributed by atoms with Gasteiger partial charge in [0.15, 0.2) is 11.5 Å². The van der Waals surface area contributed by atoms with Gasteiger partial charge in [-0.2, -0.15) is 5.26 Å². The molecule has 5 nitrogen and oxygen atoms in total. The molecule has 0 saturated heterocycles. The van der Waals surface area contributed by atoms with E-state index >= 15 is 0 Å². The molecule has 0 unspecified atom stereocenters. The van der Waals surface area contributed by atoms with Crippen molar-refractivity contribution >= 4 is 40.2 Å². The molecule has 2 aromatic carbocycles. The fraction of sp³-hybridized carbons (Fsp3) is 0.125. The molecule has 0 aliphatic rings. The van der Waals surface area contributed by atoms with Gasteiger partial charge in [-0.05, 0) is 46.9 Å². The van der Waals surface area contributed by atoms with E-state index in [4.69, 9.17) is 31.1 Å². The molecule has 0 aromatic heterocycles. The first-order chi connectivity index (χ1) is 11.0. The van der Waals surface area contributed by atoms with Gasteiger partial charge >= 0.3 is 5.97 Å². The largest absolute Gasteiger partial charge is 0.496 e. The summed E-state index contributed by atoms with van der Waals surface area (Å²) in [6.45, 7) is 0. The molecule has 0 heterocycles. The Morgan fingerprint density at radius 1 is 1.13 bits per heavy atom. The number of halogens is 2. The van der Waals surface area contributed by atoms with Crippen molar-refractivity contribution in [3.8, 4) is 23.3 Å². The van der Waals surface area contributed by atoms with Crippen LogP contribution >= 0.6 is 34.2 Å². The molecular weight excluding hydrogens is 433 g/mol. The third-order valence-corrected chi connectivity index (χ3v) is 4.48. The summed E-state index contributed by atoms with van der Waals surface area (Å²) in [5, 5.41) is 9.31. The summed E-state index contributed by atoms with van der Waals surface area (Å²) < 4.78 is 16.4. The summed E-state index contributed by atoms with van der Waals surface area (Å²) in [4.78, 5) is 12.4. The zero-order chi connectivity index (χ0) is 17.0. The third kappa shape index (κ3) is 3.86. The van der Waals surface area contributed by atoms with Crippen molar-refractivity contribution < 1.29 is 19.0 Å². The normalized spacial score (nSPS) is 9.87. The smallest absolute Gasteiger partial charge is 0.347 e. The standard InChI is InChI=1S/C16H11ClINO4/c1-21-14-7-12(18)11(17)6-10(14)16(20)23-13-4-3-9(8-19)5-15(13)22-2/h3-7H,1-2H3. The fourth-order valence-corrected chi connectivity index (χ4v) is 2.44. The second kappa shape index (κ2) is 7.53. The second-order valence-corrected chi connectivity index (χ2v) is 5.90. The van der Waals surface area contributed by atoms with Crippen molar-refractivity contribution in [3.05, 3.63) is 50.1 Å². The van der Waals surface area contributed by atoms with Crippen molar-refractivity contribution in [2.45, 2.75) is 0 Å². The highest BCUT2D eigenvalue weighted by Crippen LogP contribution is 2.32. The van der Waals surface area contributed by atoms with Gasteiger partial charge < -0.3 is 14.2 Å². The van der Waals surface area contributed by atoms with Gasteiger partial charge in [-0.15, -0.1) is 0 Å². The van der Waals surface area contributed by atoms with E-state index in [1.165, 1.54) is 38.5 Å². The van der Waals surface area contributed by atoms with Crippen molar-refractivity contribution in [2.75, 3.05) is 14.2 Å². The number of nitrogens with zero attached hydrogens (tertiary/aromatic N) is 1. The summed E-state index contributed by atoms with van der Waals surface area (Å²) in [7, 11) is 2.88. The van der Waals surface area contributed by atoms with Gasteiger partial charge in [-0.1, -0.05) is 11.6 Å². The lowest BCUT2D eigenvalue weighted by atomic mass is 10.2. The minimum absolute atomic E-state index is 0.198. The lowest BCUT2D eigenvalue weighted by Gasteiger charge is -2.12. The van der Waals surface area contributed by atoms with Gasteiger partial charge in [0, 0.05) is 9.64 Å². The van der Waals surface area contributed by atoms with Crippen LogP contribution in [0, 0.1) is 14.9 Å². The molecule has 118 valence electrons. The molecule has 0 spiro atoms. The molecule has 2 rings (SSSR count). The van der Waals surface area contributed by atoms with Crippen LogP contribution in [-0.2, 0) is 0 Å². The Hall–Kier alpha value is -1.98. The van der Waals surface area contributed by atoms with E-state index in [0.717, 1.165) is 3.57 Å². The van der Waals surface area contributed by atoms with E-state index in [9.17, 15) is 4.79 Å². The van der Waals surface area contributed by atoms with Crippen LogP contribution in [0.2, 0.25) is 5.02 Å². The SMILES string of the molecule is COc1cc(C#N)ccc1OC(=O)c1cc(Cl)c(I)cc1OC. The van der Waals surface area contributed by atoms with Gasteiger partial charge in [-0.3, -0.25) is 0 Å². The molecule has 0 N–H and O–H groups in total. The highest BCUT2D eigenvalue weighted by molar-refractivity contribution is 14.1. The number of nitriles is 1. The van der Waals surface area contributed by atoms with E-state index in [1.54, 1.807) is 6.07 Å². The number of ether oxygens (including phenoxy) is 3. The highest BCUT2D eigenvalue weighted by atomic mass is 127. The first-order valence-corrected chi connectivity index (χ1v) is 7.79. The van der Waals surface area contributed by atoms with Gasteiger partial charge in [-0.25, -0.2) is 4.79 Å². The van der Waals surface area contributed by atoms with Crippen LogP contribution in [0.3, 0.4) is 0 Å². The molecule has 0 bridgehead atoms. The summed E-state index contributed by atoms with van der Waals surface area (Å²) in [6.07, 6.45) is 0. The van der Waals surface area contributed by atoms with Gasteiger partial charge in [0.05, 0.1) is 30.9 Å². The second-order valence-electron chi connectivity index (χ2n) is 4.33. The van der Waals surface area contributed by atoms with Crippen LogP contribution in [0.15, 0.2) is 30.3 Å². The zero-order valence-electron chi connectivity index (χ0n) is 12.2. The van der Waals surface area contributed by atoms with E-state index in [2.05, 4.69) is 0 Å². The lowest BCUT2D eigenvalue weighted by Crippen LogP contribution is -2.11. The van der Waals surface area contributed by atoms with Gasteiger partial charge in [0.1, 0.15) is 11.3 Å². The molecule has 23 heavy (non-hydrogen) atoms. The molecular formula is C16H11ClINO4. The van der Waals surface area contributed by atoms with Crippen LogP contribution in [0.1, 0.15) is 15.9 Å². The molecule has 0 radical (unpaired) electrons. The Kier molecular flexibility index (Phi) is 5.69. The monoisotopic (exact) mass is 443 g/mol. The number of rotatable bonds is 4. The van der Waals surface area contributed by atoms with Crippen LogP contribution in [0.5, 0.6) is 17.2 Å². The molecule has 0 atom stereocenters. The van der Waals surface area contributed by atoms with E-state index in [0.29, 0.717) is 16.3 Å². The Morgan fingerprint density at radius 2 is 1.83 bits per heavy atom. The molecule has 7 heteroatoms. The van der Waals surface area contributed by atoms with Crippen molar-refractivity contribution in [1.29, 1.82) is 5.26 Å². The van der Waals surface area contributed by atoms with E-state index < -0.39 is 5.97 Å². The number of benzene rings is 2. The summed E-state index contributed by atoms with van der Waals surface area (Å²) >= 11 is 8.10. The van der Waals surface area contributed by atoms with Crippen molar-refractivity contribution in [1.82, 2.24) is 0 Å². The number of esters is 1. The molecule has 0 saturated carbocycles. The van der Waals surface area contributed by atoms with Gasteiger partial charge in [0.25, 0.3) is 0 Å². The maximum absolute atomic E-state index is 12.4. The lowest BCUT2D eigenvalue weighted by molar-refractivity contribution is 0.0726. The number of methoxy groups -OCH3 is 2. The van der Waals surface area contributed by atoms with Crippen LogP contribution in [-0.4, -0.2) is 20.2 Å². The van der Waals surface area contributed by atoms with Crippen molar-refractivity contribution in [2.24, 2.45) is 0 Å². The van der Waals surface area contributed by atoms with Crippen LogP contribution < -0.4 is 14.2 Å². The number of carbonyl (C=O) groups excluding carboxylic acids is 1. The average Bonchev–Trinajstić information content (AvgIpc) is 2.57. The quantitative estimate of drug-likeness (QED) is 0.405. The van der Waals surface area contributed by atoms with Gasteiger partial charge in [0.2, 0.25) is 0 Å². The molecule has 0 amide bonds. The number of hydrogen-bond donors (Lipinski definition) is 0. The molecule has 2 aromatic rings. The topological polar surface area (TPSA) is 68.5 Å². The fourth-order valence-electron chi connectivity index (χ4n) is 1.83. The Labute approximate surface area is 151 Å². The maximum Gasteiger partial charge on any atom is 0.347 e. The minimum atomic E-state index is -0.636. The minimum Gasteiger partial charge on any atom is -0.496 e. The Morgan fingerprint density at radius 3 is 2.43 bits per heavy atom. The van der Waals surface area contributed by atoms with Crippen LogP contribution in [0.25, 0.3) is 0 Å². The highest BCUT2D eigenvalue weighted by Gasteiger charge is 2.19. The van der Waals surface area contributed by atoms with E-state index in [-0.39, 0.29) is 17.1 Å². The average molecular weight is 444 g/mol. The first kappa shape index (κ1) is 17.4. The first-order valence-electron chi connectivity index (χ1n) is 6.33. The Balaban J connectivity index is 2.37. The summed E-state index contributed by atoms with van der Waals surface area (Å²) in [6, 6.07) is 9.64. The molecule has 0 fully saturated rings. The van der Waals surface area contributed by atoms with Crippen LogP contribution in [0.4, 0.5) is 0 Å². The van der Waals surface area contributed by atoms with E-state index in [1.807, 2.05) is 28.7 Å².